The van der Waals surface area contributed by atoms with E-state index in [1.807, 2.05) is 29.8 Å². The summed E-state index contributed by atoms with van der Waals surface area (Å²) in [6.45, 7) is 4.36. The SMILES string of the molecule is CCOC(=O)C(Cc1ccc(F)cc1)NC(=O)C(Cc1nc2cc(N(CCCl)CCCl)ccc2n1C)NC(C)=O.Cl. The highest BCUT2D eigenvalue weighted by Gasteiger charge is 2.29. The Hall–Kier alpha value is -3.08. The van der Waals surface area contributed by atoms with Gasteiger partial charge in [0.2, 0.25) is 11.8 Å². The third-order valence-corrected chi connectivity index (χ3v) is 6.69. The van der Waals surface area contributed by atoms with Gasteiger partial charge in [-0.2, -0.15) is 0 Å². The summed E-state index contributed by atoms with van der Waals surface area (Å²) in [5.74, 6) is -0.562. The Morgan fingerprint density at radius 2 is 1.68 bits per heavy atom. The fourth-order valence-electron chi connectivity index (χ4n) is 4.39. The molecule has 2 aromatic carbocycles. The van der Waals surface area contributed by atoms with Crippen molar-refractivity contribution in [3.8, 4) is 0 Å². The number of fused-ring (bicyclic) bond motifs is 1. The van der Waals surface area contributed by atoms with Gasteiger partial charge in [-0.3, -0.25) is 9.59 Å². The molecule has 1 heterocycles. The Bertz CT molecular complexity index is 1320. The molecule has 0 radical (unpaired) electrons. The van der Waals surface area contributed by atoms with Crippen LogP contribution in [0.3, 0.4) is 0 Å². The second kappa shape index (κ2) is 16.4. The van der Waals surface area contributed by atoms with Crippen LogP contribution < -0.4 is 15.5 Å². The fraction of sp³-hybridized carbons (Fsp3) is 0.429. The highest BCUT2D eigenvalue weighted by molar-refractivity contribution is 6.18. The number of rotatable bonds is 14. The highest BCUT2D eigenvalue weighted by Crippen LogP contribution is 2.23. The first-order valence-corrected chi connectivity index (χ1v) is 14.0. The first-order chi connectivity index (χ1) is 19.2. The summed E-state index contributed by atoms with van der Waals surface area (Å²) >= 11 is 11.9. The molecular weight excluding hydrogens is 596 g/mol. The van der Waals surface area contributed by atoms with Crippen LogP contribution in [0.4, 0.5) is 10.1 Å². The molecule has 3 aromatic rings. The van der Waals surface area contributed by atoms with Crippen molar-refractivity contribution < 1.29 is 23.5 Å². The van der Waals surface area contributed by atoms with Crippen LogP contribution in [0.25, 0.3) is 11.0 Å². The molecule has 0 aliphatic carbocycles. The van der Waals surface area contributed by atoms with Gasteiger partial charge in [0.1, 0.15) is 23.7 Å². The van der Waals surface area contributed by atoms with Gasteiger partial charge in [0.15, 0.2) is 0 Å². The van der Waals surface area contributed by atoms with Crippen LogP contribution in [0, 0.1) is 5.82 Å². The van der Waals surface area contributed by atoms with Crippen LogP contribution >= 0.6 is 35.6 Å². The molecule has 0 saturated heterocycles. The topological polar surface area (TPSA) is 106 Å². The van der Waals surface area contributed by atoms with Crippen LogP contribution in [-0.4, -0.2) is 70.9 Å². The molecule has 2 N–H and O–H groups in total. The number of aromatic nitrogens is 2. The predicted molar refractivity (Wildman–Crippen MR) is 162 cm³/mol. The average molecular weight is 631 g/mol. The lowest BCUT2D eigenvalue weighted by atomic mass is 10.0. The van der Waals surface area contributed by atoms with Gasteiger partial charge in [-0.05, 0) is 42.8 Å². The monoisotopic (exact) mass is 629 g/mol. The van der Waals surface area contributed by atoms with Crippen molar-refractivity contribution in [3.63, 3.8) is 0 Å². The predicted octanol–water partition coefficient (Wildman–Crippen LogP) is 3.76. The number of benzene rings is 2. The number of nitrogens with zero attached hydrogens (tertiary/aromatic N) is 3. The number of esters is 1. The van der Waals surface area contributed by atoms with Crippen molar-refractivity contribution in [1.29, 1.82) is 0 Å². The molecule has 0 aliphatic heterocycles. The number of imidazole rings is 1. The van der Waals surface area contributed by atoms with E-state index >= 15 is 0 Å². The smallest absolute Gasteiger partial charge is 0.328 e. The molecule has 9 nitrogen and oxygen atoms in total. The van der Waals surface area contributed by atoms with Gasteiger partial charge >= 0.3 is 5.97 Å². The average Bonchev–Trinajstić information content (AvgIpc) is 3.23. The third kappa shape index (κ3) is 9.48. The molecule has 41 heavy (non-hydrogen) atoms. The summed E-state index contributed by atoms with van der Waals surface area (Å²) in [5.41, 5.74) is 3.12. The number of carbonyl (C=O) groups excluding carboxylic acids is 3. The third-order valence-electron chi connectivity index (χ3n) is 6.35. The minimum Gasteiger partial charge on any atom is -0.464 e. The van der Waals surface area contributed by atoms with Crippen molar-refractivity contribution in [3.05, 3.63) is 59.7 Å². The molecule has 0 bridgehead atoms. The summed E-state index contributed by atoms with van der Waals surface area (Å²) in [7, 11) is 1.83. The van der Waals surface area contributed by atoms with Crippen LogP contribution in [0.15, 0.2) is 42.5 Å². The Labute approximate surface area is 255 Å². The van der Waals surface area contributed by atoms with Crippen molar-refractivity contribution >= 4 is 70.1 Å². The second-order valence-corrected chi connectivity index (χ2v) is 9.98. The quantitative estimate of drug-likeness (QED) is 0.208. The van der Waals surface area contributed by atoms with Gasteiger partial charge in [-0.15, -0.1) is 35.6 Å². The van der Waals surface area contributed by atoms with E-state index in [9.17, 15) is 18.8 Å². The first-order valence-electron chi connectivity index (χ1n) is 13.0. The molecule has 2 amide bonds. The zero-order valence-corrected chi connectivity index (χ0v) is 25.5. The fourth-order valence-corrected chi connectivity index (χ4v) is 4.80. The standard InChI is InChI=1S/C28H34Cl2FN5O4.ClH/c1-4-40-28(39)24(15-19-5-7-20(31)8-6-19)34-27(38)23(32-18(2)37)17-26-33-22-16-21(9-10-25(22)35(26)3)36(13-11-29)14-12-30;/h5-10,16,23-24H,4,11-15,17H2,1-3H3,(H,32,37)(H,34,38);1H. The second-order valence-electron chi connectivity index (χ2n) is 9.23. The van der Waals surface area contributed by atoms with E-state index in [-0.39, 0.29) is 31.9 Å². The molecule has 13 heteroatoms. The lowest BCUT2D eigenvalue weighted by Crippen LogP contribution is -2.53. The molecule has 3 rings (SSSR count). The number of hydrogen-bond donors (Lipinski definition) is 2. The summed E-state index contributed by atoms with van der Waals surface area (Å²) in [5, 5.41) is 5.37. The van der Waals surface area contributed by atoms with Gasteiger partial charge in [-0.25, -0.2) is 14.2 Å². The number of amides is 2. The Morgan fingerprint density at radius 1 is 1.02 bits per heavy atom. The molecule has 0 fully saturated rings. The number of anilines is 1. The minimum atomic E-state index is -1.04. The maximum Gasteiger partial charge on any atom is 0.328 e. The van der Waals surface area contributed by atoms with Crippen molar-refractivity contribution in [1.82, 2.24) is 20.2 Å². The maximum atomic E-state index is 13.4. The number of carbonyl (C=O) groups is 3. The largest absolute Gasteiger partial charge is 0.464 e. The summed E-state index contributed by atoms with van der Waals surface area (Å²) in [6.07, 6.45) is 0.166. The van der Waals surface area contributed by atoms with Crippen LogP contribution in [0.2, 0.25) is 0 Å². The van der Waals surface area contributed by atoms with E-state index in [2.05, 4.69) is 15.5 Å². The lowest BCUT2D eigenvalue weighted by molar-refractivity contribution is -0.147. The number of alkyl halides is 2. The summed E-state index contributed by atoms with van der Waals surface area (Å²) in [4.78, 5) is 44.9. The normalized spacial score (nSPS) is 12.2. The zero-order valence-electron chi connectivity index (χ0n) is 23.2. The van der Waals surface area contributed by atoms with E-state index in [1.165, 1.54) is 31.2 Å². The number of ether oxygens (including phenoxy) is 1. The van der Waals surface area contributed by atoms with Gasteiger partial charge in [0.25, 0.3) is 0 Å². The molecule has 2 unspecified atom stereocenters. The van der Waals surface area contributed by atoms with Gasteiger partial charge in [-0.1, -0.05) is 12.1 Å². The molecule has 0 spiro atoms. The van der Waals surface area contributed by atoms with E-state index in [4.69, 9.17) is 32.9 Å². The molecule has 1 aromatic heterocycles. The number of aryl methyl sites for hydroxylation is 1. The van der Waals surface area contributed by atoms with Crippen molar-refractivity contribution in [2.45, 2.75) is 38.8 Å². The molecule has 2 atom stereocenters. The van der Waals surface area contributed by atoms with E-state index in [0.29, 0.717) is 41.8 Å². The van der Waals surface area contributed by atoms with Gasteiger partial charge in [0, 0.05) is 57.3 Å². The number of hydrogen-bond acceptors (Lipinski definition) is 6. The Balaban J connectivity index is 0.00000588. The molecule has 0 aliphatic rings. The maximum absolute atomic E-state index is 13.4. The Kier molecular flexibility index (Phi) is 13.6. The van der Waals surface area contributed by atoms with Gasteiger partial charge in [0.05, 0.1) is 17.6 Å². The Morgan fingerprint density at radius 3 is 2.27 bits per heavy atom. The van der Waals surface area contributed by atoms with E-state index in [0.717, 1.165) is 11.2 Å². The molecule has 224 valence electrons. The number of nitrogens with one attached hydrogen (secondary N) is 2. The summed E-state index contributed by atoms with van der Waals surface area (Å²) < 4.78 is 20.4. The van der Waals surface area contributed by atoms with E-state index < -0.39 is 35.7 Å². The zero-order chi connectivity index (χ0) is 29.2. The van der Waals surface area contributed by atoms with Crippen LogP contribution in [-0.2, 0) is 39.0 Å². The molecular formula is C28H35Cl3FN5O4. The lowest BCUT2D eigenvalue weighted by Gasteiger charge is -2.22. The van der Waals surface area contributed by atoms with Crippen LogP contribution in [0.5, 0.6) is 0 Å². The van der Waals surface area contributed by atoms with Crippen molar-refractivity contribution in [2.75, 3.05) is 36.4 Å². The number of halogens is 4. The van der Waals surface area contributed by atoms with E-state index in [1.54, 1.807) is 6.92 Å². The van der Waals surface area contributed by atoms with Crippen molar-refractivity contribution in [2.24, 2.45) is 7.05 Å². The summed E-state index contributed by atoms with van der Waals surface area (Å²) in [6, 6.07) is 9.41. The van der Waals surface area contributed by atoms with Crippen LogP contribution in [0.1, 0.15) is 25.2 Å². The van der Waals surface area contributed by atoms with Gasteiger partial charge < -0.3 is 24.8 Å². The minimum absolute atomic E-state index is 0. The molecule has 0 saturated carbocycles. The first kappa shape index (κ1) is 34.1. The highest BCUT2D eigenvalue weighted by atomic mass is 35.5.